The number of aromatic nitrogens is 1. The number of amides is 3. The number of pyridine rings is 1. The van der Waals surface area contributed by atoms with Crippen molar-refractivity contribution in [3.05, 3.63) is 71.4 Å². The minimum atomic E-state index is -4.65. The first-order valence-corrected chi connectivity index (χ1v) is 13.6. The zero-order chi connectivity index (χ0) is 29.6. The largest absolute Gasteiger partial charge is 0.489 e. The van der Waals surface area contributed by atoms with Gasteiger partial charge in [-0.3, -0.25) is 19.4 Å². The smallest absolute Gasteiger partial charge is 0.397 e. The summed E-state index contributed by atoms with van der Waals surface area (Å²) in [4.78, 5) is 42.0. The van der Waals surface area contributed by atoms with E-state index in [9.17, 15) is 27.6 Å². The predicted molar refractivity (Wildman–Crippen MR) is 150 cm³/mol. The lowest BCUT2D eigenvalue weighted by Gasteiger charge is -2.26. The van der Waals surface area contributed by atoms with Crippen LogP contribution in [0.3, 0.4) is 0 Å². The molecule has 1 aliphatic heterocycles. The third-order valence-corrected chi connectivity index (χ3v) is 7.04. The SMILES string of the molecule is Cc1cc(COc2ccc(C(=O)N[C@@H](CC3=NNC(=O)SC3)CN(C)C(=O)CC(F)(F)F)cc2)c2ccccc2n1. The third kappa shape index (κ3) is 8.68. The normalized spacial score (nSPS) is 14.2. The number of hydrogen-bond acceptors (Lipinski definition) is 7. The van der Waals surface area contributed by atoms with Crippen molar-refractivity contribution < 1.29 is 32.3 Å². The summed E-state index contributed by atoms with van der Waals surface area (Å²) in [5, 5.41) is 7.40. The lowest BCUT2D eigenvalue weighted by Crippen LogP contribution is -2.46. The quantitative estimate of drug-likeness (QED) is 0.351. The van der Waals surface area contributed by atoms with Gasteiger partial charge in [0.15, 0.2) is 0 Å². The van der Waals surface area contributed by atoms with E-state index in [4.69, 9.17) is 4.74 Å². The van der Waals surface area contributed by atoms with E-state index in [0.717, 1.165) is 38.8 Å². The molecule has 0 radical (unpaired) electrons. The van der Waals surface area contributed by atoms with E-state index in [1.54, 1.807) is 24.3 Å². The average molecular weight is 588 g/mol. The molecule has 0 bridgehead atoms. The number of para-hydroxylation sites is 1. The van der Waals surface area contributed by atoms with Crippen LogP contribution in [0.25, 0.3) is 10.9 Å². The van der Waals surface area contributed by atoms with Crippen LogP contribution in [0.2, 0.25) is 0 Å². The second-order valence-corrected chi connectivity index (χ2v) is 10.5. The molecule has 1 atom stereocenters. The molecule has 0 aliphatic carbocycles. The van der Waals surface area contributed by atoms with Crippen molar-refractivity contribution in [3.63, 3.8) is 0 Å². The molecule has 3 amide bonds. The fraction of sp³-hybridized carbons (Fsp3) is 0.321. The summed E-state index contributed by atoms with van der Waals surface area (Å²) < 4.78 is 44.1. The number of carbonyl (C=O) groups excluding carboxylic acids is 3. The Morgan fingerprint density at radius 1 is 1.17 bits per heavy atom. The Bertz CT molecular complexity index is 1460. The Morgan fingerprint density at radius 2 is 1.90 bits per heavy atom. The molecule has 13 heteroatoms. The number of hydrogen-bond donors (Lipinski definition) is 2. The summed E-state index contributed by atoms with van der Waals surface area (Å²) in [5.41, 5.74) is 5.87. The lowest BCUT2D eigenvalue weighted by molar-refractivity contribution is -0.160. The van der Waals surface area contributed by atoms with Gasteiger partial charge in [-0.2, -0.15) is 18.3 Å². The molecule has 4 rings (SSSR count). The van der Waals surface area contributed by atoms with E-state index in [2.05, 4.69) is 20.8 Å². The summed E-state index contributed by atoms with van der Waals surface area (Å²) in [5.74, 6) is -0.805. The van der Waals surface area contributed by atoms with Crippen LogP contribution in [0.15, 0.2) is 59.7 Å². The molecular formula is C28H28F3N5O4S. The second-order valence-electron chi connectivity index (χ2n) is 9.56. The van der Waals surface area contributed by atoms with Gasteiger partial charge in [-0.25, -0.2) is 5.43 Å². The number of alkyl halides is 3. The van der Waals surface area contributed by atoms with Crippen LogP contribution in [0.5, 0.6) is 5.75 Å². The number of nitrogens with zero attached hydrogens (tertiary/aromatic N) is 3. The van der Waals surface area contributed by atoms with Gasteiger partial charge in [0.1, 0.15) is 18.8 Å². The van der Waals surface area contributed by atoms with Crippen LogP contribution >= 0.6 is 11.8 Å². The number of halogens is 3. The van der Waals surface area contributed by atoms with Crippen LogP contribution in [-0.4, -0.2) is 64.2 Å². The molecule has 1 aromatic heterocycles. The Labute approximate surface area is 238 Å². The van der Waals surface area contributed by atoms with Crippen LogP contribution in [0.1, 0.15) is 34.5 Å². The predicted octanol–water partition coefficient (Wildman–Crippen LogP) is 4.83. The summed E-state index contributed by atoms with van der Waals surface area (Å²) in [6.07, 6.45) is -6.12. The Kier molecular flexibility index (Phi) is 9.48. The van der Waals surface area contributed by atoms with E-state index >= 15 is 0 Å². The first-order valence-electron chi connectivity index (χ1n) is 12.6. The maximum Gasteiger partial charge on any atom is 0.397 e. The third-order valence-electron chi connectivity index (χ3n) is 6.20. The van der Waals surface area contributed by atoms with Gasteiger partial charge in [0.2, 0.25) is 5.91 Å². The molecule has 2 heterocycles. The number of carbonyl (C=O) groups is 3. The molecule has 9 nitrogen and oxygen atoms in total. The monoisotopic (exact) mass is 587 g/mol. The molecule has 0 saturated carbocycles. The zero-order valence-corrected chi connectivity index (χ0v) is 23.1. The molecular weight excluding hydrogens is 559 g/mol. The molecule has 0 spiro atoms. The van der Waals surface area contributed by atoms with Gasteiger partial charge in [-0.1, -0.05) is 30.0 Å². The highest BCUT2D eigenvalue weighted by atomic mass is 32.2. The molecule has 2 N–H and O–H groups in total. The van der Waals surface area contributed by atoms with E-state index < -0.39 is 30.5 Å². The van der Waals surface area contributed by atoms with Gasteiger partial charge in [0, 0.05) is 48.0 Å². The van der Waals surface area contributed by atoms with E-state index in [0.29, 0.717) is 23.6 Å². The van der Waals surface area contributed by atoms with Gasteiger partial charge in [0.05, 0.1) is 17.3 Å². The number of thioether (sulfide) groups is 1. The number of fused-ring (bicyclic) bond motifs is 1. The van der Waals surface area contributed by atoms with Crippen molar-refractivity contribution >= 4 is 45.4 Å². The van der Waals surface area contributed by atoms with Gasteiger partial charge in [-0.05, 0) is 43.3 Å². The van der Waals surface area contributed by atoms with Crippen molar-refractivity contribution in [2.24, 2.45) is 5.10 Å². The average Bonchev–Trinajstić information content (AvgIpc) is 2.92. The van der Waals surface area contributed by atoms with Crippen LogP contribution in [0.4, 0.5) is 18.0 Å². The number of ether oxygens (including phenoxy) is 1. The van der Waals surface area contributed by atoms with Gasteiger partial charge >= 0.3 is 6.18 Å². The van der Waals surface area contributed by atoms with E-state index in [-0.39, 0.29) is 24.0 Å². The fourth-order valence-electron chi connectivity index (χ4n) is 4.27. The van der Waals surface area contributed by atoms with Gasteiger partial charge in [0.25, 0.3) is 11.1 Å². The van der Waals surface area contributed by atoms with E-state index in [1.165, 1.54) is 7.05 Å². The van der Waals surface area contributed by atoms with Crippen LogP contribution in [-0.2, 0) is 11.4 Å². The minimum Gasteiger partial charge on any atom is -0.489 e. The minimum absolute atomic E-state index is 0.128. The number of aryl methyl sites for hydroxylation is 1. The van der Waals surface area contributed by atoms with Crippen LogP contribution in [0, 0.1) is 6.92 Å². The highest BCUT2D eigenvalue weighted by molar-refractivity contribution is 8.14. The summed E-state index contributed by atoms with van der Waals surface area (Å²) >= 11 is 0.982. The summed E-state index contributed by atoms with van der Waals surface area (Å²) in [6, 6.07) is 15.4. The molecule has 3 aromatic rings. The number of likely N-dealkylation sites (N-methyl/N-ethyl adjacent to an activating group) is 1. The highest BCUT2D eigenvalue weighted by Crippen LogP contribution is 2.22. The van der Waals surface area contributed by atoms with Crippen LogP contribution < -0.4 is 15.5 Å². The molecule has 0 saturated heterocycles. The molecule has 2 aromatic carbocycles. The Balaban J connectivity index is 1.41. The molecule has 0 unspecified atom stereocenters. The fourth-order valence-corrected chi connectivity index (χ4v) is 4.86. The number of hydrazone groups is 1. The highest BCUT2D eigenvalue weighted by Gasteiger charge is 2.33. The van der Waals surface area contributed by atoms with Crippen molar-refractivity contribution in [3.8, 4) is 5.75 Å². The number of nitrogens with one attached hydrogen (secondary N) is 2. The zero-order valence-electron chi connectivity index (χ0n) is 22.3. The summed E-state index contributed by atoms with van der Waals surface area (Å²) in [6.45, 7) is 2.03. The first kappa shape index (κ1) is 29.8. The van der Waals surface area contributed by atoms with Crippen molar-refractivity contribution in [2.75, 3.05) is 19.3 Å². The first-order chi connectivity index (χ1) is 19.5. The van der Waals surface area contributed by atoms with Gasteiger partial charge < -0.3 is 15.0 Å². The lowest BCUT2D eigenvalue weighted by atomic mass is 10.1. The van der Waals surface area contributed by atoms with E-state index in [1.807, 2.05) is 37.3 Å². The van der Waals surface area contributed by atoms with Crippen molar-refractivity contribution in [1.29, 1.82) is 0 Å². The molecule has 0 fully saturated rings. The second kappa shape index (κ2) is 13.0. The molecule has 41 heavy (non-hydrogen) atoms. The topological polar surface area (TPSA) is 113 Å². The standard InChI is InChI=1S/C28H28F3N5O4S/c1-17-11-19(23-5-3-4-6-24(23)32-17)15-40-22-9-7-18(8-10-22)26(38)33-20(12-21-16-41-27(39)35-34-21)14-36(2)25(37)13-28(29,30)31/h3-11,20H,12-16H2,1-2H3,(H,33,38)(H,35,39)/t20-/m0/s1. The molecule has 1 aliphatic rings. The Hall–Kier alpha value is -4.13. The van der Waals surface area contributed by atoms with Gasteiger partial charge in [-0.15, -0.1) is 0 Å². The Morgan fingerprint density at radius 3 is 2.59 bits per heavy atom. The maximum absolute atomic E-state index is 13.0. The number of rotatable bonds is 10. The summed E-state index contributed by atoms with van der Waals surface area (Å²) in [7, 11) is 1.24. The number of benzene rings is 2. The van der Waals surface area contributed by atoms with Crippen molar-refractivity contribution in [2.45, 2.75) is 38.6 Å². The van der Waals surface area contributed by atoms with Crippen molar-refractivity contribution in [1.82, 2.24) is 20.6 Å². The molecule has 216 valence electrons. The maximum atomic E-state index is 13.0.